The highest BCUT2D eigenvalue weighted by Crippen LogP contribution is 2.42. The number of nitrogens with zero attached hydrogens (tertiary/aromatic N) is 2. The maximum Gasteiger partial charge on any atom is 0.319 e. The van der Waals surface area contributed by atoms with Crippen LogP contribution in [0.4, 0.5) is 16.3 Å². The molecule has 2 aromatic carbocycles. The molecule has 4 atom stereocenters. The number of fused-ring (bicyclic) bond motifs is 4. The summed E-state index contributed by atoms with van der Waals surface area (Å²) in [5, 5.41) is 11.0. The molecule has 1 aromatic heterocycles. The molecule has 4 aliphatic rings. The fourth-order valence-electron chi connectivity index (χ4n) is 7.03. The van der Waals surface area contributed by atoms with Crippen LogP contribution < -0.4 is 16.0 Å². The van der Waals surface area contributed by atoms with Gasteiger partial charge in [0, 0.05) is 35.2 Å². The van der Waals surface area contributed by atoms with Crippen molar-refractivity contribution < 1.29 is 4.79 Å². The molecule has 3 N–H and O–H groups in total. The van der Waals surface area contributed by atoms with E-state index in [1.807, 2.05) is 24.3 Å². The number of piperidine rings is 2. The van der Waals surface area contributed by atoms with Crippen molar-refractivity contribution in [2.24, 2.45) is 0 Å². The average molecular weight is 482 g/mol. The Morgan fingerprint density at radius 1 is 0.889 bits per heavy atom. The van der Waals surface area contributed by atoms with Crippen molar-refractivity contribution in [3.63, 3.8) is 0 Å². The molecule has 3 fully saturated rings. The first-order valence-electron chi connectivity index (χ1n) is 13.8. The molecule has 36 heavy (non-hydrogen) atoms. The van der Waals surface area contributed by atoms with Gasteiger partial charge in [0.1, 0.15) is 5.82 Å². The van der Waals surface area contributed by atoms with Gasteiger partial charge in [0.25, 0.3) is 0 Å². The Morgan fingerprint density at radius 2 is 1.72 bits per heavy atom. The number of carbonyl (C=O) groups excluding carboxylic acids is 1. The molecule has 1 saturated carbocycles. The number of hydrogen-bond acceptors (Lipinski definition) is 4. The third-order valence-corrected chi connectivity index (χ3v) is 8.74. The molecule has 7 rings (SSSR count). The van der Waals surface area contributed by atoms with E-state index in [2.05, 4.69) is 51.2 Å². The molecule has 3 aromatic rings. The lowest BCUT2D eigenvalue weighted by Gasteiger charge is -2.49. The molecule has 0 unspecified atom stereocenters. The molecule has 6 nitrogen and oxygen atoms in total. The van der Waals surface area contributed by atoms with Gasteiger partial charge in [-0.05, 0) is 92.8 Å². The number of aromatic nitrogens is 1. The predicted octanol–water partition coefficient (Wildman–Crippen LogP) is 6.00. The smallest absolute Gasteiger partial charge is 0.319 e. The molecule has 3 heterocycles. The number of hydrogen-bond donors (Lipinski definition) is 3. The zero-order valence-corrected chi connectivity index (χ0v) is 20.7. The molecule has 6 heteroatoms. The normalized spacial score (nSPS) is 27.4. The third-order valence-electron chi connectivity index (χ3n) is 8.74. The molecule has 2 amide bonds. The number of carbonyl (C=O) groups is 1. The van der Waals surface area contributed by atoms with Crippen molar-refractivity contribution in [1.29, 1.82) is 0 Å². The van der Waals surface area contributed by atoms with Gasteiger partial charge >= 0.3 is 6.03 Å². The van der Waals surface area contributed by atoms with Gasteiger partial charge in [-0.2, -0.15) is 0 Å². The molecular weight excluding hydrogens is 446 g/mol. The molecule has 186 valence electrons. The van der Waals surface area contributed by atoms with Crippen molar-refractivity contribution in [3.05, 3.63) is 65.7 Å². The first kappa shape index (κ1) is 22.1. The van der Waals surface area contributed by atoms with E-state index < -0.39 is 0 Å². The third kappa shape index (κ3) is 4.32. The second kappa shape index (κ2) is 9.07. The topological polar surface area (TPSA) is 69.3 Å². The predicted molar refractivity (Wildman–Crippen MR) is 144 cm³/mol. The Labute approximate surface area is 212 Å². The van der Waals surface area contributed by atoms with Crippen LogP contribution >= 0.6 is 0 Å². The van der Waals surface area contributed by atoms with Crippen LogP contribution in [0.15, 0.2) is 54.6 Å². The van der Waals surface area contributed by atoms with Gasteiger partial charge in [-0.3, -0.25) is 4.90 Å². The molecular formula is C30H35N5O. The molecule has 2 aliphatic heterocycles. The first-order chi connectivity index (χ1) is 17.7. The van der Waals surface area contributed by atoms with Gasteiger partial charge in [-0.25, -0.2) is 9.78 Å². The highest BCUT2D eigenvalue weighted by molar-refractivity contribution is 5.93. The van der Waals surface area contributed by atoms with Crippen molar-refractivity contribution in [3.8, 4) is 0 Å². The van der Waals surface area contributed by atoms with E-state index >= 15 is 0 Å². The average Bonchev–Trinajstić information content (AvgIpc) is 3.64. The molecule has 2 bridgehead atoms. The minimum Gasteiger partial charge on any atom is -0.363 e. The Kier molecular flexibility index (Phi) is 5.57. The van der Waals surface area contributed by atoms with Crippen molar-refractivity contribution in [2.75, 3.05) is 10.6 Å². The van der Waals surface area contributed by atoms with Crippen LogP contribution in [-0.2, 0) is 6.42 Å². The largest absolute Gasteiger partial charge is 0.363 e. The van der Waals surface area contributed by atoms with Crippen LogP contribution in [-0.4, -0.2) is 40.1 Å². The Hall–Kier alpha value is -3.12. The second-order valence-corrected chi connectivity index (χ2v) is 11.2. The number of nitrogens with one attached hydrogen (secondary N) is 3. The minimum atomic E-state index is -0.0940. The van der Waals surface area contributed by atoms with E-state index in [4.69, 9.17) is 4.98 Å². The van der Waals surface area contributed by atoms with Gasteiger partial charge < -0.3 is 16.0 Å². The monoisotopic (exact) mass is 481 g/mol. The molecule has 0 spiro atoms. The van der Waals surface area contributed by atoms with E-state index in [-0.39, 0.29) is 12.1 Å². The molecule has 2 saturated heterocycles. The summed E-state index contributed by atoms with van der Waals surface area (Å²) in [6.07, 6.45) is 11.0. The van der Waals surface area contributed by atoms with Crippen LogP contribution in [0.1, 0.15) is 68.5 Å². The lowest BCUT2D eigenvalue weighted by atomic mass is 9.81. The number of urea groups is 1. The Morgan fingerprint density at radius 3 is 2.56 bits per heavy atom. The zero-order chi connectivity index (χ0) is 24.1. The van der Waals surface area contributed by atoms with Gasteiger partial charge in [0.2, 0.25) is 0 Å². The molecule has 0 radical (unpaired) electrons. The fourth-order valence-corrected chi connectivity index (χ4v) is 7.03. The molecule has 2 aliphatic carbocycles. The quantitative estimate of drug-likeness (QED) is 0.418. The summed E-state index contributed by atoms with van der Waals surface area (Å²) in [6.45, 7) is 0. The maximum absolute atomic E-state index is 12.9. The highest BCUT2D eigenvalue weighted by Gasteiger charge is 2.45. The summed E-state index contributed by atoms with van der Waals surface area (Å²) < 4.78 is 0. The van der Waals surface area contributed by atoms with Crippen LogP contribution in [0.5, 0.6) is 0 Å². The minimum absolute atomic E-state index is 0.0940. The van der Waals surface area contributed by atoms with Crippen molar-refractivity contribution in [2.45, 2.75) is 88.0 Å². The SMILES string of the molecule is O=C(Nc1ccc2nc(N[C@@H]3CCc4ccccc43)ccc2c1)N[C@@H]1C[C@H]2CCC[C@@H](C1)N2C1CC1. The van der Waals surface area contributed by atoms with Crippen molar-refractivity contribution >= 4 is 28.4 Å². The Bertz CT molecular complexity index is 1270. The summed E-state index contributed by atoms with van der Waals surface area (Å²) >= 11 is 0. The zero-order valence-electron chi connectivity index (χ0n) is 20.7. The second-order valence-electron chi connectivity index (χ2n) is 11.2. The van der Waals surface area contributed by atoms with Crippen LogP contribution in [0.2, 0.25) is 0 Å². The van der Waals surface area contributed by atoms with Gasteiger partial charge in [0.05, 0.1) is 11.6 Å². The van der Waals surface area contributed by atoms with Gasteiger partial charge in [-0.15, -0.1) is 0 Å². The lowest BCUT2D eigenvalue weighted by molar-refractivity contribution is 0.0198. The van der Waals surface area contributed by atoms with E-state index in [9.17, 15) is 4.79 Å². The number of pyridine rings is 1. The maximum atomic E-state index is 12.9. The summed E-state index contributed by atoms with van der Waals surface area (Å²) in [7, 11) is 0. The summed E-state index contributed by atoms with van der Waals surface area (Å²) in [6, 6.07) is 21.4. The van der Waals surface area contributed by atoms with Crippen LogP contribution in [0.3, 0.4) is 0 Å². The van der Waals surface area contributed by atoms with Gasteiger partial charge in [-0.1, -0.05) is 30.7 Å². The van der Waals surface area contributed by atoms with E-state index in [0.717, 1.165) is 54.1 Å². The first-order valence-corrected chi connectivity index (χ1v) is 13.8. The number of benzene rings is 2. The highest BCUT2D eigenvalue weighted by atomic mass is 16.2. The standard InChI is InChI=1S/C30H35N5O/c36-30(32-22-17-24-5-3-6-25(18-22)35(24)23-11-12-23)31-21-10-14-27-20(16-21)9-15-29(33-27)34-28-13-8-19-4-1-2-7-26(19)28/h1-2,4,7,9-10,14-16,22-25,28H,3,5-6,8,11-13,17-18H2,(H,33,34)(H2,31,32,36)/t22-,24-,25+,28-/m1/s1. The Balaban J connectivity index is 0.986. The van der Waals surface area contributed by atoms with E-state index in [1.165, 1.54) is 43.2 Å². The van der Waals surface area contributed by atoms with Crippen molar-refractivity contribution in [1.82, 2.24) is 15.2 Å². The fraction of sp³-hybridized carbons (Fsp3) is 0.467. The summed E-state index contributed by atoms with van der Waals surface area (Å²) in [4.78, 5) is 20.5. The van der Waals surface area contributed by atoms with E-state index in [1.54, 1.807) is 0 Å². The number of amides is 2. The lowest BCUT2D eigenvalue weighted by Crippen LogP contribution is -2.58. The number of rotatable bonds is 5. The summed E-state index contributed by atoms with van der Waals surface area (Å²) in [5.74, 6) is 0.894. The van der Waals surface area contributed by atoms with E-state index in [0.29, 0.717) is 18.1 Å². The summed E-state index contributed by atoms with van der Waals surface area (Å²) in [5.41, 5.74) is 4.55. The van der Waals surface area contributed by atoms with Gasteiger partial charge in [0.15, 0.2) is 0 Å². The van der Waals surface area contributed by atoms with Crippen LogP contribution in [0.25, 0.3) is 10.9 Å². The number of aryl methyl sites for hydroxylation is 1. The number of anilines is 2. The van der Waals surface area contributed by atoms with Crippen LogP contribution in [0, 0.1) is 0 Å².